The van der Waals surface area contributed by atoms with Crippen molar-refractivity contribution in [1.82, 2.24) is 5.32 Å². The minimum Gasteiger partial charge on any atom is -0.313 e. The van der Waals surface area contributed by atoms with E-state index < -0.39 is 4.92 Å². The average molecular weight is 241 g/mol. The van der Waals surface area contributed by atoms with Crippen LogP contribution in [-0.2, 0) is 6.42 Å². The molecule has 0 amide bonds. The number of hydrogen-bond acceptors (Lipinski definition) is 3. The Morgan fingerprint density at radius 1 is 1.38 bits per heavy atom. The van der Waals surface area contributed by atoms with E-state index in [0.29, 0.717) is 0 Å². The molecule has 0 fully saturated rings. The van der Waals surface area contributed by atoms with Crippen LogP contribution in [0.3, 0.4) is 0 Å². The molecule has 0 aliphatic heterocycles. The van der Waals surface area contributed by atoms with Crippen molar-refractivity contribution in [2.24, 2.45) is 0 Å². The zero-order valence-corrected chi connectivity index (χ0v) is 9.48. The highest BCUT2D eigenvalue weighted by Crippen LogP contribution is 2.11. The fraction of sp³-hybridized carbons (Fsp3) is 0.273. The highest BCUT2D eigenvalue weighted by molar-refractivity contribution is 6.25. The molecule has 0 unspecified atom stereocenters. The number of nitro benzene ring substituents is 1. The van der Waals surface area contributed by atoms with Crippen molar-refractivity contribution in [1.29, 1.82) is 0 Å². The lowest BCUT2D eigenvalue weighted by molar-refractivity contribution is -0.384. The lowest BCUT2D eigenvalue weighted by atomic mass is 10.1. The molecule has 0 saturated heterocycles. The lowest BCUT2D eigenvalue weighted by Gasteiger charge is -2.01. The molecule has 0 saturated carbocycles. The van der Waals surface area contributed by atoms with Crippen LogP contribution in [0.15, 0.2) is 35.9 Å². The average Bonchev–Trinajstić information content (AvgIpc) is 2.29. The maximum Gasteiger partial charge on any atom is 0.269 e. The van der Waals surface area contributed by atoms with E-state index in [0.717, 1.165) is 25.1 Å². The summed E-state index contributed by atoms with van der Waals surface area (Å²) in [6.07, 6.45) is 2.66. The Labute approximate surface area is 99.1 Å². The monoisotopic (exact) mass is 240 g/mol. The fourth-order valence-corrected chi connectivity index (χ4v) is 1.34. The minimum absolute atomic E-state index is 0.127. The SMILES string of the molecule is O=[N+]([O-])c1ccc(CCNC/C=C/Cl)cc1. The first kappa shape index (κ1) is 12.7. The van der Waals surface area contributed by atoms with Gasteiger partial charge in [0.1, 0.15) is 0 Å². The van der Waals surface area contributed by atoms with Crippen LogP contribution in [-0.4, -0.2) is 18.0 Å². The summed E-state index contributed by atoms with van der Waals surface area (Å²) in [6.45, 7) is 1.55. The van der Waals surface area contributed by atoms with E-state index in [1.54, 1.807) is 12.1 Å². The van der Waals surface area contributed by atoms with Crippen LogP contribution in [0, 0.1) is 10.1 Å². The summed E-state index contributed by atoms with van der Waals surface area (Å²) in [7, 11) is 0. The van der Waals surface area contributed by atoms with Gasteiger partial charge in [0.15, 0.2) is 0 Å². The van der Waals surface area contributed by atoms with Gasteiger partial charge in [-0.15, -0.1) is 0 Å². The molecule has 4 nitrogen and oxygen atoms in total. The summed E-state index contributed by atoms with van der Waals surface area (Å²) in [5.41, 5.74) is 2.67. The molecule has 0 heterocycles. The van der Waals surface area contributed by atoms with Crippen molar-refractivity contribution >= 4 is 17.3 Å². The van der Waals surface area contributed by atoms with E-state index in [9.17, 15) is 10.1 Å². The Kier molecular flexibility index (Phi) is 5.53. The van der Waals surface area contributed by atoms with Gasteiger partial charge in [0.05, 0.1) is 4.92 Å². The van der Waals surface area contributed by atoms with Gasteiger partial charge >= 0.3 is 0 Å². The van der Waals surface area contributed by atoms with Gasteiger partial charge in [-0.05, 0) is 18.5 Å². The predicted molar refractivity (Wildman–Crippen MR) is 64.7 cm³/mol. The van der Waals surface area contributed by atoms with Crippen LogP contribution in [0.4, 0.5) is 5.69 Å². The molecule has 16 heavy (non-hydrogen) atoms. The fourth-order valence-electron chi connectivity index (χ4n) is 1.25. The van der Waals surface area contributed by atoms with Gasteiger partial charge in [-0.3, -0.25) is 10.1 Å². The maximum atomic E-state index is 10.4. The molecule has 1 aromatic carbocycles. The zero-order valence-electron chi connectivity index (χ0n) is 8.73. The first-order valence-electron chi connectivity index (χ1n) is 4.93. The summed E-state index contributed by atoms with van der Waals surface area (Å²) >= 11 is 5.36. The predicted octanol–water partition coefficient (Wildman–Crippen LogP) is 2.48. The molecule has 5 heteroatoms. The number of nitrogens with zero attached hydrogens (tertiary/aromatic N) is 1. The highest BCUT2D eigenvalue weighted by Gasteiger charge is 2.03. The Morgan fingerprint density at radius 2 is 2.06 bits per heavy atom. The molecular weight excluding hydrogens is 228 g/mol. The van der Waals surface area contributed by atoms with Gasteiger partial charge in [-0.1, -0.05) is 29.8 Å². The molecule has 0 aromatic heterocycles. The quantitative estimate of drug-likeness (QED) is 0.472. The van der Waals surface area contributed by atoms with Crippen LogP contribution in [0.2, 0.25) is 0 Å². The molecule has 86 valence electrons. The van der Waals surface area contributed by atoms with Crippen LogP contribution < -0.4 is 5.32 Å². The third kappa shape index (κ3) is 4.42. The van der Waals surface area contributed by atoms with Crippen molar-refractivity contribution in [2.75, 3.05) is 13.1 Å². The number of nitro groups is 1. The number of nitrogens with one attached hydrogen (secondary N) is 1. The normalized spacial score (nSPS) is 10.8. The van der Waals surface area contributed by atoms with Gasteiger partial charge < -0.3 is 5.32 Å². The second kappa shape index (κ2) is 6.98. The first-order chi connectivity index (χ1) is 7.74. The van der Waals surface area contributed by atoms with E-state index in [1.165, 1.54) is 17.7 Å². The summed E-state index contributed by atoms with van der Waals surface area (Å²) in [4.78, 5) is 10.0. The van der Waals surface area contributed by atoms with E-state index in [1.807, 2.05) is 6.08 Å². The van der Waals surface area contributed by atoms with Crippen LogP contribution in [0.5, 0.6) is 0 Å². The third-order valence-corrected chi connectivity index (χ3v) is 2.27. The third-order valence-electron chi connectivity index (χ3n) is 2.09. The lowest BCUT2D eigenvalue weighted by Crippen LogP contribution is -2.16. The molecular formula is C11H13ClN2O2. The molecule has 0 radical (unpaired) electrons. The van der Waals surface area contributed by atoms with Crippen LogP contribution in [0.25, 0.3) is 0 Å². The molecule has 0 aliphatic carbocycles. The topological polar surface area (TPSA) is 55.2 Å². The standard InChI is InChI=1S/C11H13ClN2O2/c12-7-1-8-13-9-6-10-2-4-11(5-3-10)14(15)16/h1-5,7,13H,6,8-9H2/b7-1+. The van der Waals surface area contributed by atoms with Gasteiger partial charge in [0.2, 0.25) is 0 Å². The second-order valence-electron chi connectivity index (χ2n) is 3.24. The van der Waals surface area contributed by atoms with Gasteiger partial charge in [-0.2, -0.15) is 0 Å². The number of halogens is 1. The zero-order chi connectivity index (χ0) is 11.8. The van der Waals surface area contributed by atoms with E-state index >= 15 is 0 Å². The molecule has 1 N–H and O–H groups in total. The van der Waals surface area contributed by atoms with Crippen molar-refractivity contribution in [2.45, 2.75) is 6.42 Å². The van der Waals surface area contributed by atoms with Crippen molar-refractivity contribution < 1.29 is 4.92 Å². The number of non-ortho nitro benzene ring substituents is 1. The Morgan fingerprint density at radius 3 is 2.62 bits per heavy atom. The summed E-state index contributed by atoms with van der Waals surface area (Å²) in [5, 5.41) is 13.6. The van der Waals surface area contributed by atoms with Crippen molar-refractivity contribution in [3.05, 3.63) is 51.6 Å². The van der Waals surface area contributed by atoms with Gasteiger partial charge in [-0.25, -0.2) is 0 Å². The second-order valence-corrected chi connectivity index (χ2v) is 3.49. The first-order valence-corrected chi connectivity index (χ1v) is 5.37. The Hall–Kier alpha value is -1.39. The maximum absolute atomic E-state index is 10.4. The number of hydrogen-bond donors (Lipinski definition) is 1. The van der Waals surface area contributed by atoms with Crippen molar-refractivity contribution in [3.8, 4) is 0 Å². The Bertz CT molecular complexity index is 363. The molecule has 0 aliphatic rings. The highest BCUT2D eigenvalue weighted by atomic mass is 35.5. The summed E-state index contributed by atoms with van der Waals surface area (Å²) in [6, 6.07) is 6.59. The van der Waals surface area contributed by atoms with Crippen LogP contribution in [0.1, 0.15) is 5.56 Å². The molecule has 0 atom stereocenters. The molecule has 1 rings (SSSR count). The van der Waals surface area contributed by atoms with Crippen LogP contribution >= 0.6 is 11.6 Å². The summed E-state index contributed by atoms with van der Waals surface area (Å²) in [5.74, 6) is 0. The molecule has 1 aromatic rings. The molecule has 0 bridgehead atoms. The summed E-state index contributed by atoms with van der Waals surface area (Å²) < 4.78 is 0. The Balaban J connectivity index is 2.35. The number of rotatable bonds is 6. The van der Waals surface area contributed by atoms with Gasteiger partial charge in [0.25, 0.3) is 5.69 Å². The largest absolute Gasteiger partial charge is 0.313 e. The van der Waals surface area contributed by atoms with Gasteiger partial charge in [0, 0.05) is 24.2 Å². The minimum atomic E-state index is -0.396. The van der Waals surface area contributed by atoms with E-state index in [-0.39, 0.29) is 5.69 Å². The smallest absolute Gasteiger partial charge is 0.269 e. The molecule has 0 spiro atoms. The number of benzene rings is 1. The van der Waals surface area contributed by atoms with E-state index in [2.05, 4.69) is 5.32 Å². The van der Waals surface area contributed by atoms with E-state index in [4.69, 9.17) is 11.6 Å². The van der Waals surface area contributed by atoms with Crippen molar-refractivity contribution in [3.63, 3.8) is 0 Å².